The first-order chi connectivity index (χ1) is 11.5. The molecule has 24 heavy (non-hydrogen) atoms. The minimum absolute atomic E-state index is 0.198. The van der Waals surface area contributed by atoms with Crippen molar-refractivity contribution >= 4 is 46.6 Å². The zero-order valence-corrected chi connectivity index (χ0v) is 15.2. The van der Waals surface area contributed by atoms with Crippen LogP contribution in [0, 0.1) is 0 Å². The molecule has 0 spiro atoms. The van der Waals surface area contributed by atoms with Gasteiger partial charge in [-0.25, -0.2) is 0 Å². The Bertz CT molecular complexity index is 723. The van der Waals surface area contributed by atoms with E-state index in [1.165, 1.54) is 6.08 Å². The molecule has 0 aliphatic carbocycles. The first-order valence-corrected chi connectivity index (χ1v) is 8.58. The van der Waals surface area contributed by atoms with Gasteiger partial charge < -0.3 is 10.2 Å². The molecule has 0 radical (unpaired) electrons. The molecule has 0 bridgehead atoms. The van der Waals surface area contributed by atoms with Crippen molar-refractivity contribution < 1.29 is 4.79 Å². The number of hydrogen-bond donors (Lipinski definition) is 1. The highest BCUT2D eigenvalue weighted by molar-refractivity contribution is 6.42. The van der Waals surface area contributed by atoms with Gasteiger partial charge in [-0.3, -0.25) is 4.79 Å². The quantitative estimate of drug-likeness (QED) is 0.688. The molecule has 2 aromatic carbocycles. The summed E-state index contributed by atoms with van der Waals surface area (Å²) >= 11 is 11.8. The monoisotopic (exact) mass is 362 g/mol. The van der Waals surface area contributed by atoms with Gasteiger partial charge >= 0.3 is 0 Å². The van der Waals surface area contributed by atoms with Crippen LogP contribution in [0.5, 0.6) is 0 Å². The molecule has 0 unspecified atom stereocenters. The van der Waals surface area contributed by atoms with Gasteiger partial charge in [0, 0.05) is 30.5 Å². The van der Waals surface area contributed by atoms with Crippen molar-refractivity contribution in [3.63, 3.8) is 0 Å². The van der Waals surface area contributed by atoms with Gasteiger partial charge in [0.1, 0.15) is 0 Å². The number of halogens is 2. The van der Waals surface area contributed by atoms with Crippen LogP contribution >= 0.6 is 23.2 Å². The highest BCUT2D eigenvalue weighted by Gasteiger charge is 2.03. The molecular weight excluding hydrogens is 343 g/mol. The Morgan fingerprint density at radius 1 is 1.04 bits per heavy atom. The fourth-order valence-corrected chi connectivity index (χ4v) is 2.62. The van der Waals surface area contributed by atoms with E-state index < -0.39 is 0 Å². The first-order valence-electron chi connectivity index (χ1n) is 7.82. The molecule has 0 aliphatic heterocycles. The van der Waals surface area contributed by atoms with Gasteiger partial charge in [0.05, 0.1) is 10.0 Å². The molecule has 0 atom stereocenters. The number of hydrogen-bond acceptors (Lipinski definition) is 2. The Kier molecular flexibility index (Phi) is 6.71. The second-order valence-electron chi connectivity index (χ2n) is 5.22. The van der Waals surface area contributed by atoms with E-state index in [2.05, 4.69) is 24.1 Å². The standard InChI is InChI=1S/C19H20Cl2N2O/c1-3-23(4-2)16-9-7-15(8-10-16)22-19(24)12-6-14-5-11-17(20)18(21)13-14/h5-13H,3-4H2,1-2H3,(H,22,24)/b12-6+. The number of benzene rings is 2. The van der Waals surface area contributed by atoms with Gasteiger partial charge in [0.15, 0.2) is 0 Å². The fourth-order valence-electron chi connectivity index (χ4n) is 2.32. The molecule has 126 valence electrons. The van der Waals surface area contributed by atoms with Crippen molar-refractivity contribution in [3.8, 4) is 0 Å². The topological polar surface area (TPSA) is 32.3 Å². The molecule has 2 rings (SSSR count). The van der Waals surface area contributed by atoms with Crippen molar-refractivity contribution in [2.75, 3.05) is 23.3 Å². The SMILES string of the molecule is CCN(CC)c1ccc(NC(=O)/C=C/c2ccc(Cl)c(Cl)c2)cc1. The largest absolute Gasteiger partial charge is 0.372 e. The first kappa shape index (κ1) is 18.4. The van der Waals surface area contributed by atoms with Gasteiger partial charge in [0.25, 0.3) is 0 Å². The lowest BCUT2D eigenvalue weighted by Crippen LogP contribution is -2.21. The van der Waals surface area contributed by atoms with Crippen molar-refractivity contribution in [2.24, 2.45) is 0 Å². The number of carbonyl (C=O) groups is 1. The highest BCUT2D eigenvalue weighted by Crippen LogP contribution is 2.23. The van der Waals surface area contributed by atoms with Crippen LogP contribution in [0.25, 0.3) is 6.08 Å². The minimum atomic E-state index is -0.198. The molecule has 0 aliphatic rings. The summed E-state index contributed by atoms with van der Waals surface area (Å²) in [6, 6.07) is 13.0. The van der Waals surface area contributed by atoms with Crippen LogP contribution in [-0.4, -0.2) is 19.0 Å². The van der Waals surface area contributed by atoms with Crippen LogP contribution in [-0.2, 0) is 4.79 Å². The van der Waals surface area contributed by atoms with E-state index >= 15 is 0 Å². The molecule has 0 saturated heterocycles. The Labute approximate surface area is 152 Å². The number of rotatable bonds is 6. The zero-order chi connectivity index (χ0) is 17.5. The van der Waals surface area contributed by atoms with Crippen molar-refractivity contribution in [3.05, 3.63) is 64.1 Å². The summed E-state index contributed by atoms with van der Waals surface area (Å²) in [5.74, 6) is -0.198. The highest BCUT2D eigenvalue weighted by atomic mass is 35.5. The zero-order valence-electron chi connectivity index (χ0n) is 13.7. The third kappa shape index (κ3) is 5.02. The maximum absolute atomic E-state index is 12.0. The molecule has 5 heteroatoms. The normalized spacial score (nSPS) is 10.8. The minimum Gasteiger partial charge on any atom is -0.372 e. The van der Waals surface area contributed by atoms with Gasteiger partial charge in [-0.2, -0.15) is 0 Å². The predicted molar refractivity (Wildman–Crippen MR) is 104 cm³/mol. The van der Waals surface area contributed by atoms with E-state index in [1.807, 2.05) is 24.3 Å². The lowest BCUT2D eigenvalue weighted by Gasteiger charge is -2.21. The van der Waals surface area contributed by atoms with E-state index in [0.29, 0.717) is 10.0 Å². The summed E-state index contributed by atoms with van der Waals surface area (Å²) in [5.41, 5.74) is 2.72. The molecular formula is C19H20Cl2N2O. The van der Waals surface area contributed by atoms with Crippen LogP contribution in [0.3, 0.4) is 0 Å². The van der Waals surface area contributed by atoms with E-state index in [4.69, 9.17) is 23.2 Å². The lowest BCUT2D eigenvalue weighted by molar-refractivity contribution is -0.111. The molecule has 0 saturated carbocycles. The summed E-state index contributed by atoms with van der Waals surface area (Å²) in [6.07, 6.45) is 3.17. The van der Waals surface area contributed by atoms with E-state index in [1.54, 1.807) is 24.3 Å². The maximum Gasteiger partial charge on any atom is 0.248 e. The van der Waals surface area contributed by atoms with Crippen LogP contribution in [0.4, 0.5) is 11.4 Å². The number of carbonyl (C=O) groups excluding carboxylic acids is 1. The van der Waals surface area contributed by atoms with Crippen LogP contribution in [0.15, 0.2) is 48.5 Å². The average molecular weight is 363 g/mol. The Balaban J connectivity index is 1.99. The fraction of sp³-hybridized carbons (Fsp3) is 0.211. The predicted octanol–water partition coefficient (Wildman–Crippen LogP) is 5.49. The number of amides is 1. The molecule has 1 amide bonds. The molecule has 0 aromatic heterocycles. The maximum atomic E-state index is 12.0. The molecule has 0 heterocycles. The van der Waals surface area contributed by atoms with E-state index in [0.717, 1.165) is 30.0 Å². The second kappa shape index (κ2) is 8.76. The molecule has 0 fully saturated rings. The van der Waals surface area contributed by atoms with Crippen molar-refractivity contribution in [1.82, 2.24) is 0 Å². The third-order valence-corrected chi connectivity index (χ3v) is 4.37. The molecule has 3 nitrogen and oxygen atoms in total. The number of nitrogens with one attached hydrogen (secondary N) is 1. The molecule has 2 aromatic rings. The number of anilines is 2. The summed E-state index contributed by atoms with van der Waals surface area (Å²) in [6.45, 7) is 6.14. The van der Waals surface area contributed by atoms with Crippen LogP contribution in [0.1, 0.15) is 19.4 Å². The summed E-state index contributed by atoms with van der Waals surface area (Å²) in [7, 11) is 0. The third-order valence-electron chi connectivity index (χ3n) is 3.63. The lowest BCUT2D eigenvalue weighted by atomic mass is 10.2. The summed E-state index contributed by atoms with van der Waals surface area (Å²) in [5, 5.41) is 3.79. The second-order valence-corrected chi connectivity index (χ2v) is 6.03. The van der Waals surface area contributed by atoms with Crippen LogP contribution in [0.2, 0.25) is 10.0 Å². The van der Waals surface area contributed by atoms with E-state index in [-0.39, 0.29) is 5.91 Å². The molecule has 1 N–H and O–H groups in total. The van der Waals surface area contributed by atoms with Gasteiger partial charge in [0.2, 0.25) is 5.91 Å². The summed E-state index contributed by atoms with van der Waals surface area (Å²) in [4.78, 5) is 14.2. The van der Waals surface area contributed by atoms with Gasteiger partial charge in [-0.05, 0) is 61.9 Å². The Morgan fingerprint density at radius 3 is 2.29 bits per heavy atom. The Morgan fingerprint density at radius 2 is 1.71 bits per heavy atom. The van der Waals surface area contributed by atoms with Gasteiger partial charge in [-0.1, -0.05) is 29.3 Å². The van der Waals surface area contributed by atoms with Crippen molar-refractivity contribution in [2.45, 2.75) is 13.8 Å². The summed E-state index contributed by atoms with van der Waals surface area (Å²) < 4.78 is 0. The average Bonchev–Trinajstić information content (AvgIpc) is 2.58. The Hall–Kier alpha value is -1.97. The van der Waals surface area contributed by atoms with Gasteiger partial charge in [-0.15, -0.1) is 0 Å². The van der Waals surface area contributed by atoms with Crippen molar-refractivity contribution in [1.29, 1.82) is 0 Å². The number of nitrogens with zero attached hydrogens (tertiary/aromatic N) is 1. The van der Waals surface area contributed by atoms with Crippen LogP contribution < -0.4 is 10.2 Å². The smallest absolute Gasteiger partial charge is 0.248 e. The van der Waals surface area contributed by atoms with E-state index in [9.17, 15) is 4.79 Å².